The van der Waals surface area contributed by atoms with E-state index in [4.69, 9.17) is 10.5 Å². The first-order chi connectivity index (χ1) is 12.2. The summed E-state index contributed by atoms with van der Waals surface area (Å²) in [5, 5.41) is 5.02. The van der Waals surface area contributed by atoms with Gasteiger partial charge in [-0.3, -0.25) is 0 Å². The molecule has 140 valence electrons. The van der Waals surface area contributed by atoms with Crippen LogP contribution in [0.25, 0.3) is 5.43 Å². The van der Waals surface area contributed by atoms with Crippen molar-refractivity contribution in [1.29, 1.82) is 0 Å². The van der Waals surface area contributed by atoms with Gasteiger partial charge in [0.25, 0.3) is 0 Å². The second-order valence-electron chi connectivity index (χ2n) is 7.59. The Hall–Kier alpha value is -2.23. The van der Waals surface area contributed by atoms with E-state index in [0.717, 1.165) is 30.7 Å². The van der Waals surface area contributed by atoms with Gasteiger partial charge in [0.15, 0.2) is 0 Å². The summed E-state index contributed by atoms with van der Waals surface area (Å²) in [5.41, 5.74) is 17.3. The largest absolute Gasteiger partial charge is 0.589 e. The predicted octanol–water partition coefficient (Wildman–Crippen LogP) is 5.87. The molecule has 4 heteroatoms. The molecule has 1 aliphatic rings. The maximum Gasteiger partial charge on any atom is 0.0474 e. The SMILES string of the molecule is Cc1c(C)c(C)n(N=C2CCCC=C2[N-]n2c(C)c(C)c(C)c2C)c1C. The average molecular weight is 352 g/mol. The molecule has 4 nitrogen and oxygen atoms in total. The van der Waals surface area contributed by atoms with Crippen molar-refractivity contribution in [2.24, 2.45) is 5.10 Å². The summed E-state index contributed by atoms with van der Waals surface area (Å²) >= 11 is 0. The maximum atomic E-state index is 5.02. The van der Waals surface area contributed by atoms with E-state index in [9.17, 15) is 0 Å². The molecule has 0 radical (unpaired) electrons. The third-order valence-electron chi connectivity index (χ3n) is 6.25. The molecule has 0 N–H and O–H groups in total. The number of rotatable bonds is 3. The normalized spacial score (nSPS) is 16.3. The molecular weight excluding hydrogens is 320 g/mol. The van der Waals surface area contributed by atoms with Gasteiger partial charge >= 0.3 is 0 Å². The van der Waals surface area contributed by atoms with Gasteiger partial charge in [-0.05, 0) is 96.9 Å². The monoisotopic (exact) mass is 351 g/mol. The van der Waals surface area contributed by atoms with E-state index in [1.165, 1.54) is 45.0 Å². The van der Waals surface area contributed by atoms with Crippen molar-refractivity contribution in [2.45, 2.75) is 74.7 Å². The molecule has 0 unspecified atom stereocenters. The first-order valence-corrected chi connectivity index (χ1v) is 9.54. The molecule has 2 heterocycles. The summed E-state index contributed by atoms with van der Waals surface area (Å²) in [6.45, 7) is 17.3. The Kier molecular flexibility index (Phi) is 4.87. The van der Waals surface area contributed by atoms with Crippen molar-refractivity contribution in [3.63, 3.8) is 0 Å². The quantitative estimate of drug-likeness (QED) is 0.663. The third kappa shape index (κ3) is 2.91. The number of nitrogens with zero attached hydrogens (tertiary/aromatic N) is 4. The van der Waals surface area contributed by atoms with Gasteiger partial charge in [-0.1, -0.05) is 6.08 Å². The van der Waals surface area contributed by atoms with E-state index in [-0.39, 0.29) is 0 Å². The zero-order chi connectivity index (χ0) is 19.2. The van der Waals surface area contributed by atoms with Gasteiger partial charge in [0.1, 0.15) is 0 Å². The van der Waals surface area contributed by atoms with Crippen LogP contribution in [-0.2, 0) is 0 Å². The van der Waals surface area contributed by atoms with Crippen LogP contribution in [0.1, 0.15) is 64.3 Å². The van der Waals surface area contributed by atoms with Crippen LogP contribution in [0, 0.1) is 55.4 Å². The summed E-state index contributed by atoms with van der Waals surface area (Å²) in [6.07, 6.45) is 5.41. The third-order valence-corrected chi connectivity index (χ3v) is 6.25. The number of hydrogen-bond donors (Lipinski definition) is 0. The Morgan fingerprint density at radius 1 is 0.769 bits per heavy atom. The van der Waals surface area contributed by atoms with Gasteiger partial charge in [-0.2, -0.15) is 5.10 Å². The summed E-state index contributed by atoms with van der Waals surface area (Å²) in [7, 11) is 0. The Morgan fingerprint density at radius 3 is 1.81 bits per heavy atom. The lowest BCUT2D eigenvalue weighted by molar-refractivity contribution is 0.779. The second kappa shape index (κ2) is 6.82. The summed E-state index contributed by atoms with van der Waals surface area (Å²) in [5.74, 6) is 0. The van der Waals surface area contributed by atoms with Crippen LogP contribution in [0.3, 0.4) is 0 Å². The van der Waals surface area contributed by atoms with Crippen molar-refractivity contribution in [1.82, 2.24) is 9.35 Å². The molecule has 0 aliphatic heterocycles. The van der Waals surface area contributed by atoms with Crippen molar-refractivity contribution >= 4 is 5.71 Å². The Bertz CT molecular complexity index is 868. The summed E-state index contributed by atoms with van der Waals surface area (Å²) in [6, 6.07) is 0. The van der Waals surface area contributed by atoms with Crippen LogP contribution in [-0.4, -0.2) is 15.1 Å². The fourth-order valence-corrected chi connectivity index (χ4v) is 3.71. The van der Waals surface area contributed by atoms with Crippen molar-refractivity contribution in [3.8, 4) is 0 Å². The molecule has 26 heavy (non-hydrogen) atoms. The topological polar surface area (TPSA) is 36.3 Å². The van der Waals surface area contributed by atoms with Crippen molar-refractivity contribution < 1.29 is 0 Å². The lowest BCUT2D eigenvalue weighted by Crippen LogP contribution is -2.13. The summed E-state index contributed by atoms with van der Waals surface area (Å²) < 4.78 is 4.18. The smallest absolute Gasteiger partial charge is 0.0474 e. The number of aromatic nitrogens is 2. The molecule has 1 aliphatic carbocycles. The zero-order valence-electron chi connectivity index (χ0n) is 17.5. The van der Waals surface area contributed by atoms with E-state index in [1.807, 2.05) is 0 Å². The fraction of sp³-hybridized carbons (Fsp3) is 0.500. The molecule has 0 saturated carbocycles. The van der Waals surface area contributed by atoms with Crippen LogP contribution >= 0.6 is 0 Å². The van der Waals surface area contributed by atoms with Crippen LogP contribution in [0.4, 0.5) is 0 Å². The van der Waals surface area contributed by atoms with Gasteiger partial charge in [-0.25, -0.2) is 4.68 Å². The molecule has 0 fully saturated rings. The van der Waals surface area contributed by atoms with Crippen molar-refractivity contribution in [3.05, 3.63) is 62.2 Å². The maximum absolute atomic E-state index is 5.02. The van der Waals surface area contributed by atoms with Crippen LogP contribution in [0.15, 0.2) is 16.9 Å². The van der Waals surface area contributed by atoms with Gasteiger partial charge in [0.05, 0.1) is 0 Å². The Balaban J connectivity index is 2.02. The molecule has 0 aromatic carbocycles. The zero-order valence-corrected chi connectivity index (χ0v) is 17.5. The van der Waals surface area contributed by atoms with Crippen LogP contribution < -0.4 is 0 Å². The molecule has 0 amide bonds. The minimum Gasteiger partial charge on any atom is -0.589 e. The Labute approximate surface area is 157 Å². The number of allylic oxidation sites excluding steroid dienone is 2. The molecule has 0 spiro atoms. The highest BCUT2D eigenvalue weighted by Crippen LogP contribution is 2.28. The summed E-state index contributed by atoms with van der Waals surface area (Å²) in [4.78, 5) is 0. The molecule has 2 aromatic heterocycles. The fourth-order valence-electron chi connectivity index (χ4n) is 3.71. The first-order valence-electron chi connectivity index (χ1n) is 9.54. The van der Waals surface area contributed by atoms with E-state index in [0.29, 0.717) is 0 Å². The van der Waals surface area contributed by atoms with Crippen molar-refractivity contribution in [2.75, 3.05) is 0 Å². The predicted molar refractivity (Wildman–Crippen MR) is 110 cm³/mol. The number of hydrogen-bond acceptors (Lipinski definition) is 1. The minimum atomic E-state index is 0.974. The van der Waals surface area contributed by atoms with Gasteiger partial charge in [0.2, 0.25) is 0 Å². The minimum absolute atomic E-state index is 0.974. The van der Waals surface area contributed by atoms with Crippen LogP contribution in [0.2, 0.25) is 0 Å². The average Bonchev–Trinajstić information content (AvgIpc) is 2.93. The highest BCUT2D eigenvalue weighted by molar-refractivity contribution is 6.02. The van der Waals surface area contributed by atoms with Crippen LogP contribution in [0.5, 0.6) is 0 Å². The second-order valence-corrected chi connectivity index (χ2v) is 7.59. The molecular formula is C22H31N4-. The molecule has 0 saturated heterocycles. The van der Waals surface area contributed by atoms with E-state index < -0.39 is 0 Å². The lowest BCUT2D eigenvalue weighted by atomic mass is 10.0. The highest BCUT2D eigenvalue weighted by atomic mass is 15.4. The van der Waals surface area contributed by atoms with Gasteiger partial charge < -0.3 is 10.1 Å². The Morgan fingerprint density at radius 2 is 1.27 bits per heavy atom. The highest BCUT2D eigenvalue weighted by Gasteiger charge is 2.14. The molecule has 3 rings (SSSR count). The molecule has 0 bridgehead atoms. The van der Waals surface area contributed by atoms with Gasteiger partial charge in [0, 0.05) is 28.5 Å². The molecule has 0 atom stereocenters. The van der Waals surface area contributed by atoms with E-state index in [1.54, 1.807) is 0 Å². The van der Waals surface area contributed by atoms with Gasteiger partial charge in [-0.15, -0.1) is 5.70 Å². The van der Waals surface area contributed by atoms with E-state index >= 15 is 0 Å². The van der Waals surface area contributed by atoms with E-state index in [2.05, 4.69) is 70.8 Å². The first kappa shape index (κ1) is 18.6. The standard InChI is InChI=1S/C22H31N4/c1-13-14(2)18(6)25(17(13)5)23-21-11-9-10-12-22(21)24-26-19(7)15(3)16(4)20(26)8/h11H,9-10,12H2,1-8H3/q-1. The lowest BCUT2D eigenvalue weighted by Gasteiger charge is -2.34. The molecule has 2 aromatic rings.